The van der Waals surface area contributed by atoms with Crippen LogP contribution in [0.1, 0.15) is 54.7 Å². The van der Waals surface area contributed by atoms with E-state index in [9.17, 15) is 5.26 Å². The van der Waals surface area contributed by atoms with E-state index in [-0.39, 0.29) is 5.92 Å². The van der Waals surface area contributed by atoms with Gasteiger partial charge >= 0.3 is 0 Å². The fourth-order valence-corrected chi connectivity index (χ4v) is 4.70. The Labute approximate surface area is 161 Å². The van der Waals surface area contributed by atoms with Gasteiger partial charge in [-0.3, -0.25) is 5.10 Å². The molecular formula is C20H18BrN5. The molecule has 1 aliphatic heterocycles. The summed E-state index contributed by atoms with van der Waals surface area (Å²) in [5, 5.41) is 20.1. The molecule has 2 aliphatic rings. The Balaban J connectivity index is 1.90. The Morgan fingerprint density at radius 1 is 1.23 bits per heavy atom. The highest BCUT2D eigenvalue weighted by Gasteiger charge is 2.35. The monoisotopic (exact) mass is 407 g/mol. The number of allylic oxidation sites excluding steroid dienone is 2. The largest absolute Gasteiger partial charge is 0.354 e. The van der Waals surface area contributed by atoms with Crippen LogP contribution in [0.3, 0.4) is 0 Å². The lowest BCUT2D eigenvalue weighted by Crippen LogP contribution is -2.24. The number of nitrogens with one attached hydrogen (secondary N) is 2. The smallest absolute Gasteiger partial charge is 0.196 e. The van der Waals surface area contributed by atoms with Crippen molar-refractivity contribution in [1.82, 2.24) is 10.2 Å². The van der Waals surface area contributed by atoms with Crippen molar-refractivity contribution < 1.29 is 0 Å². The first-order chi connectivity index (χ1) is 12.7. The third-order valence-electron chi connectivity index (χ3n) is 5.38. The molecule has 0 radical (unpaired) electrons. The van der Waals surface area contributed by atoms with Crippen LogP contribution in [0.2, 0.25) is 0 Å². The van der Waals surface area contributed by atoms with Crippen molar-refractivity contribution in [2.45, 2.75) is 38.0 Å². The summed E-state index contributed by atoms with van der Waals surface area (Å²) >= 11 is 3.59. The minimum absolute atomic E-state index is 0.220. The van der Waals surface area contributed by atoms with Crippen molar-refractivity contribution in [1.29, 1.82) is 5.26 Å². The first-order valence-electron chi connectivity index (χ1n) is 8.85. The quantitative estimate of drug-likeness (QED) is 0.662. The Hall–Kier alpha value is -2.57. The Bertz CT molecular complexity index is 953. The van der Waals surface area contributed by atoms with Crippen LogP contribution in [0.5, 0.6) is 0 Å². The van der Waals surface area contributed by atoms with Crippen molar-refractivity contribution in [3.05, 3.63) is 68.4 Å². The molecule has 2 aromatic rings. The minimum Gasteiger partial charge on any atom is -0.354 e. The molecule has 1 saturated carbocycles. The lowest BCUT2D eigenvalue weighted by atomic mass is 9.80. The second kappa shape index (κ2) is 6.97. The summed E-state index contributed by atoms with van der Waals surface area (Å²) in [6.45, 7) is 7.91. The number of anilines is 1. The van der Waals surface area contributed by atoms with Gasteiger partial charge in [-0.25, -0.2) is 4.85 Å². The molecule has 2 heterocycles. The van der Waals surface area contributed by atoms with E-state index in [1.54, 1.807) is 12.3 Å². The van der Waals surface area contributed by atoms with Gasteiger partial charge in [0.25, 0.3) is 0 Å². The first-order valence-corrected chi connectivity index (χ1v) is 9.64. The molecule has 1 atom stereocenters. The van der Waals surface area contributed by atoms with Gasteiger partial charge < -0.3 is 5.32 Å². The molecule has 0 saturated heterocycles. The Morgan fingerprint density at radius 2 is 2.04 bits per heavy atom. The number of aromatic amines is 1. The first kappa shape index (κ1) is 16.9. The zero-order valence-corrected chi connectivity index (χ0v) is 15.8. The van der Waals surface area contributed by atoms with Crippen molar-refractivity contribution in [2.75, 3.05) is 5.32 Å². The van der Waals surface area contributed by atoms with Crippen LogP contribution in [0.4, 0.5) is 5.82 Å². The molecule has 4 rings (SSSR count). The lowest BCUT2D eigenvalue weighted by Gasteiger charge is -2.32. The number of nitrogens with zero attached hydrogens (tertiary/aromatic N) is 3. The van der Waals surface area contributed by atoms with Crippen LogP contribution >= 0.6 is 15.9 Å². The molecule has 5 nitrogen and oxygen atoms in total. The second-order valence-corrected chi connectivity index (χ2v) is 7.62. The fourth-order valence-electron chi connectivity index (χ4n) is 4.12. The number of H-pyrrole nitrogens is 1. The van der Waals surface area contributed by atoms with Gasteiger partial charge in [-0.2, -0.15) is 10.4 Å². The topological polar surface area (TPSA) is 68.9 Å². The SMILES string of the molecule is [C-]#[N+]C1=C(C2CCCCC2)Nc2[nH]ncc2C1c1cccc(C#N)c1Br. The fraction of sp³-hybridized carbons (Fsp3) is 0.350. The maximum atomic E-state index is 9.39. The zero-order valence-electron chi connectivity index (χ0n) is 14.2. The van der Waals surface area contributed by atoms with Gasteiger partial charge in [-0.1, -0.05) is 31.4 Å². The minimum atomic E-state index is -0.220. The van der Waals surface area contributed by atoms with Crippen LogP contribution < -0.4 is 5.32 Å². The van der Waals surface area contributed by atoms with Crippen LogP contribution in [0.25, 0.3) is 4.85 Å². The molecule has 0 amide bonds. The van der Waals surface area contributed by atoms with E-state index < -0.39 is 0 Å². The molecule has 0 bridgehead atoms. The number of hydrogen-bond acceptors (Lipinski definition) is 3. The van der Waals surface area contributed by atoms with Crippen molar-refractivity contribution in [3.8, 4) is 6.07 Å². The van der Waals surface area contributed by atoms with Crippen LogP contribution in [0, 0.1) is 23.8 Å². The molecule has 1 aromatic heterocycles. The number of fused-ring (bicyclic) bond motifs is 1. The molecule has 1 aliphatic carbocycles. The number of benzene rings is 1. The van der Waals surface area contributed by atoms with E-state index in [4.69, 9.17) is 6.57 Å². The van der Waals surface area contributed by atoms with Crippen molar-refractivity contribution in [3.63, 3.8) is 0 Å². The molecule has 2 N–H and O–H groups in total. The molecule has 1 unspecified atom stereocenters. The molecule has 0 spiro atoms. The van der Waals surface area contributed by atoms with E-state index in [0.717, 1.165) is 45.7 Å². The summed E-state index contributed by atoms with van der Waals surface area (Å²) in [6.07, 6.45) is 7.67. The van der Waals surface area contributed by atoms with Gasteiger partial charge in [0.15, 0.2) is 5.70 Å². The molecule has 26 heavy (non-hydrogen) atoms. The number of aromatic nitrogens is 2. The third-order valence-corrected chi connectivity index (χ3v) is 6.27. The highest BCUT2D eigenvalue weighted by atomic mass is 79.9. The number of hydrogen-bond donors (Lipinski definition) is 2. The normalized spacial score (nSPS) is 20.0. The van der Waals surface area contributed by atoms with Gasteiger partial charge in [0.2, 0.25) is 0 Å². The Kier molecular flexibility index (Phi) is 4.53. The Morgan fingerprint density at radius 3 is 2.77 bits per heavy atom. The molecular weight excluding hydrogens is 390 g/mol. The van der Waals surface area contributed by atoms with Gasteiger partial charge in [0, 0.05) is 15.7 Å². The lowest BCUT2D eigenvalue weighted by molar-refractivity contribution is 0.401. The molecule has 130 valence electrons. The third kappa shape index (κ3) is 2.71. The van der Waals surface area contributed by atoms with E-state index in [2.05, 4.69) is 42.4 Å². The number of halogens is 1. The summed E-state index contributed by atoms with van der Waals surface area (Å²) in [5.41, 5.74) is 4.21. The average molecular weight is 408 g/mol. The highest BCUT2D eigenvalue weighted by Crippen LogP contribution is 2.47. The van der Waals surface area contributed by atoms with E-state index in [1.165, 1.54) is 19.3 Å². The van der Waals surface area contributed by atoms with Crippen LogP contribution in [0.15, 0.2) is 40.3 Å². The van der Waals surface area contributed by atoms with Crippen molar-refractivity contribution >= 4 is 21.7 Å². The zero-order chi connectivity index (χ0) is 18.1. The molecule has 6 heteroatoms. The standard InChI is InChI=1S/C20H18BrN5/c1-23-19-16(14-9-5-8-13(10-22)17(14)21)15-11-24-26-20(15)25-18(19)12-6-3-2-4-7-12/h5,8-9,11-12,16H,2-4,6-7H2,(H2,24,25,26). The number of nitriles is 1. The van der Waals surface area contributed by atoms with Crippen LogP contribution in [-0.4, -0.2) is 10.2 Å². The highest BCUT2D eigenvalue weighted by molar-refractivity contribution is 9.10. The summed E-state index contributed by atoms with van der Waals surface area (Å²) < 4.78 is 0.755. The summed E-state index contributed by atoms with van der Waals surface area (Å²) in [7, 11) is 0. The summed E-state index contributed by atoms with van der Waals surface area (Å²) in [4.78, 5) is 3.96. The van der Waals surface area contributed by atoms with Gasteiger partial charge in [0.1, 0.15) is 11.9 Å². The van der Waals surface area contributed by atoms with E-state index in [1.807, 2.05) is 12.1 Å². The van der Waals surface area contributed by atoms with Crippen LogP contribution in [-0.2, 0) is 0 Å². The van der Waals surface area contributed by atoms with E-state index in [0.29, 0.717) is 11.5 Å². The number of rotatable bonds is 2. The van der Waals surface area contributed by atoms with Gasteiger partial charge in [-0.15, -0.1) is 0 Å². The van der Waals surface area contributed by atoms with Gasteiger partial charge in [-0.05, 0) is 46.3 Å². The average Bonchev–Trinajstić information content (AvgIpc) is 3.16. The maximum absolute atomic E-state index is 9.39. The maximum Gasteiger partial charge on any atom is 0.196 e. The predicted octanol–water partition coefficient (Wildman–Crippen LogP) is 5.31. The van der Waals surface area contributed by atoms with E-state index >= 15 is 0 Å². The predicted molar refractivity (Wildman–Crippen MR) is 103 cm³/mol. The second-order valence-electron chi connectivity index (χ2n) is 6.82. The van der Waals surface area contributed by atoms with Crippen molar-refractivity contribution in [2.24, 2.45) is 5.92 Å². The summed E-state index contributed by atoms with van der Waals surface area (Å²) in [6, 6.07) is 7.87. The van der Waals surface area contributed by atoms with Gasteiger partial charge in [0.05, 0.1) is 24.3 Å². The molecule has 1 aromatic carbocycles. The summed E-state index contributed by atoms with van der Waals surface area (Å²) in [5.74, 6) is 1.02. The molecule has 1 fully saturated rings.